The van der Waals surface area contributed by atoms with Crippen molar-refractivity contribution in [2.24, 2.45) is 0 Å². The standard InChI is InChI=1S/C24H15NS.C19H15NOS.C18H20BNO2.C18H11NS.C12H8BrN.C7H7BrOS.CH4.H3N.H2O.H3P/c1-2-8-16(9-3-1)25-19-12-6-4-10-17(19)23-20(25)14-15-22-24(23)18-11-5-7-13-21(18)26-22;1-22(21)18-12-5-3-7-13(18)14-9-6-11-17-19(14)15-8-2-4-10-16(15)20-17;1-17(2)18(3,4)22-19(21-17)13-9-7-11-15-16(13)12-8-5-6-10-14(12)20-15;1-3-7-13-11(5-1)17-14(19-13)9-10-16-18(17)12-6-2-4-8-15(12)20-16;13-9-5-3-7-11-12(9)8-4-1-2-6-10(8)14-11;1-10(9)7-5-3-2-4-6(7)8;;;;/h1-15H;2-12,20H,1H3;5-11,20H,1-4H3;1-10,19H;1-7,14H;2-5H,1H3;1H4;1H3;1H2;1H3. The van der Waals surface area contributed by atoms with Crippen LogP contribution in [0.1, 0.15) is 35.1 Å². The van der Waals surface area contributed by atoms with E-state index in [0.29, 0.717) is 0 Å². The normalized spacial score (nSPS) is 13.2. The van der Waals surface area contributed by atoms with Crippen LogP contribution in [0.2, 0.25) is 0 Å². The summed E-state index contributed by atoms with van der Waals surface area (Å²) in [5, 5.41) is 18.2. The Kier molecular flexibility index (Phi) is 24.9. The molecule has 0 spiro atoms. The van der Waals surface area contributed by atoms with Crippen LogP contribution < -0.4 is 11.6 Å². The van der Waals surface area contributed by atoms with Gasteiger partial charge >= 0.3 is 7.12 Å². The molecular formula is C99H88BBr2N6O5PS4. The lowest BCUT2D eigenvalue weighted by Gasteiger charge is -2.32. The molecule has 1 saturated heterocycles. The Morgan fingerprint density at radius 1 is 0.331 bits per heavy atom. The van der Waals surface area contributed by atoms with E-state index < -0.39 is 21.6 Å². The van der Waals surface area contributed by atoms with Crippen molar-refractivity contribution < 1.29 is 23.2 Å². The molecule has 3 atom stereocenters. The number of aromatic amines is 4. The molecule has 7 aromatic heterocycles. The van der Waals surface area contributed by atoms with E-state index in [0.717, 1.165) is 57.4 Å². The molecule has 0 amide bonds. The first kappa shape index (κ1) is 83.8. The fourth-order valence-electron chi connectivity index (χ4n) is 16.0. The number of fused-ring (bicyclic) bond motifs is 23. The zero-order valence-corrected chi connectivity index (χ0v) is 73.0. The van der Waals surface area contributed by atoms with Crippen molar-refractivity contribution in [1.29, 1.82) is 0 Å². The third-order valence-corrected chi connectivity index (χ3v) is 27.8. The molecule has 0 bridgehead atoms. The molecule has 1 aliphatic heterocycles. The average molecular weight is 1770 g/mol. The predicted octanol–water partition coefficient (Wildman–Crippen LogP) is 27.5. The van der Waals surface area contributed by atoms with Crippen molar-refractivity contribution in [3.63, 3.8) is 0 Å². The molecule has 0 saturated carbocycles. The van der Waals surface area contributed by atoms with E-state index in [9.17, 15) is 8.42 Å². The molecule has 3 unspecified atom stereocenters. The first-order valence-corrected chi connectivity index (χ1v) is 44.1. The average Bonchev–Trinajstić information content (AvgIpc) is 1.55. The second-order valence-corrected chi connectivity index (χ2v) is 35.9. The summed E-state index contributed by atoms with van der Waals surface area (Å²) >= 11 is 10.6. The topological polar surface area (TPSA) is 187 Å². The summed E-state index contributed by atoms with van der Waals surface area (Å²) in [6, 6.07) is 114. The number of aromatic nitrogens is 5. The molecule has 22 aromatic rings. The van der Waals surface area contributed by atoms with Crippen molar-refractivity contribution in [3.05, 3.63) is 337 Å². The van der Waals surface area contributed by atoms with Gasteiger partial charge in [-0.15, -0.1) is 22.7 Å². The van der Waals surface area contributed by atoms with E-state index in [2.05, 4.69) is 333 Å². The molecule has 0 radical (unpaired) electrons. The molecule has 15 aromatic carbocycles. The van der Waals surface area contributed by atoms with Crippen molar-refractivity contribution in [2.75, 3.05) is 12.5 Å². The quantitative estimate of drug-likeness (QED) is 0.0846. The number of hydrogen-bond acceptors (Lipinski definition) is 7. The third kappa shape index (κ3) is 15.6. The van der Waals surface area contributed by atoms with Gasteiger partial charge in [-0.3, -0.25) is 8.42 Å². The van der Waals surface area contributed by atoms with Crippen LogP contribution in [-0.4, -0.2) is 69.2 Å². The number of nitrogens with zero attached hydrogens (tertiary/aromatic N) is 1. The van der Waals surface area contributed by atoms with Crippen molar-refractivity contribution >= 4 is 248 Å². The van der Waals surface area contributed by atoms with Gasteiger partial charge in [0.25, 0.3) is 0 Å². The van der Waals surface area contributed by atoms with Gasteiger partial charge in [0, 0.05) is 170 Å². The minimum absolute atomic E-state index is 0. The predicted molar refractivity (Wildman–Crippen MR) is 524 cm³/mol. The number of hydrogen-bond donors (Lipinski definition) is 5. The van der Waals surface area contributed by atoms with Gasteiger partial charge < -0.3 is 45.4 Å². The maximum atomic E-state index is 12.1. The molecule has 1 aliphatic rings. The van der Waals surface area contributed by atoms with Crippen LogP contribution >= 0.6 is 64.4 Å². The van der Waals surface area contributed by atoms with Crippen LogP contribution in [0.25, 0.3) is 166 Å². The summed E-state index contributed by atoms with van der Waals surface area (Å²) in [4.78, 5) is 15.6. The summed E-state index contributed by atoms with van der Waals surface area (Å²) in [6.45, 7) is 8.34. The molecule has 8 heterocycles. The third-order valence-electron chi connectivity index (χ3n) is 21.9. The number of halogens is 2. The summed E-state index contributed by atoms with van der Waals surface area (Å²) < 4.78 is 45.4. The highest BCUT2D eigenvalue weighted by Gasteiger charge is 2.52. The number of thiophene rings is 2. The Morgan fingerprint density at radius 3 is 1.26 bits per heavy atom. The summed E-state index contributed by atoms with van der Waals surface area (Å²) in [7, 11) is -2.24. The zero-order valence-electron chi connectivity index (χ0n) is 65.1. The number of H-pyrrole nitrogens is 4. The van der Waals surface area contributed by atoms with Gasteiger partial charge in [-0.2, -0.15) is 9.90 Å². The highest BCUT2D eigenvalue weighted by molar-refractivity contribution is 9.11. The van der Waals surface area contributed by atoms with Gasteiger partial charge in [0.1, 0.15) is 0 Å². The van der Waals surface area contributed by atoms with E-state index in [1.165, 1.54) is 133 Å². The van der Waals surface area contributed by atoms with Crippen LogP contribution in [-0.2, 0) is 30.9 Å². The maximum absolute atomic E-state index is 12.1. The van der Waals surface area contributed by atoms with Crippen molar-refractivity contribution in [2.45, 2.75) is 56.1 Å². The van der Waals surface area contributed by atoms with Crippen LogP contribution in [0, 0.1) is 0 Å². The molecule has 11 nitrogen and oxygen atoms in total. The lowest BCUT2D eigenvalue weighted by atomic mass is 9.76. The molecule has 19 heteroatoms. The maximum Gasteiger partial charge on any atom is 0.495 e. The van der Waals surface area contributed by atoms with E-state index in [1.807, 2.05) is 102 Å². The minimum Gasteiger partial charge on any atom is -0.412 e. The molecule has 23 rings (SSSR count). The van der Waals surface area contributed by atoms with E-state index in [-0.39, 0.29) is 47.3 Å². The largest absolute Gasteiger partial charge is 0.495 e. The van der Waals surface area contributed by atoms with Gasteiger partial charge in [0.2, 0.25) is 0 Å². The van der Waals surface area contributed by atoms with E-state index in [1.54, 1.807) is 12.5 Å². The molecular weight excluding hydrogens is 1680 g/mol. The fraction of sp³-hybridized carbons (Fsp3) is 0.0909. The monoisotopic (exact) mass is 1770 g/mol. The Hall–Kier alpha value is -10.7. The highest BCUT2D eigenvalue weighted by atomic mass is 79.9. The van der Waals surface area contributed by atoms with Crippen LogP contribution in [0.3, 0.4) is 0 Å². The molecule has 118 heavy (non-hydrogen) atoms. The highest BCUT2D eigenvalue weighted by Crippen LogP contribution is 2.46. The minimum atomic E-state index is -1.02. The van der Waals surface area contributed by atoms with Crippen molar-refractivity contribution in [3.8, 4) is 16.8 Å². The number of benzene rings is 15. The van der Waals surface area contributed by atoms with Crippen LogP contribution in [0.4, 0.5) is 0 Å². The van der Waals surface area contributed by atoms with Gasteiger partial charge in [-0.25, -0.2) is 0 Å². The summed E-state index contributed by atoms with van der Waals surface area (Å²) in [5.74, 6) is 0. The number of para-hydroxylation sites is 6. The Morgan fingerprint density at radius 2 is 0.712 bits per heavy atom. The van der Waals surface area contributed by atoms with E-state index in [4.69, 9.17) is 9.31 Å². The SMILES string of the molecule is Brc1cccc2[nH]c3ccccc3c12.C.CC1(C)OB(c2cccc3[nH]c4ccccc4c23)OC1(C)C.CS(=O)c1ccccc1-c1cccc2[nH]c3ccccc3c12.CS(=O)c1ccccc1Br.N.O.P.c1ccc(-n2c3ccccc3c3c4c(ccc32)sc2ccccc24)cc1.c1ccc2c(c1)[nH]c1ccc3sc4ccccc4c3c12. The Balaban J connectivity index is 0.000000118. The number of rotatable bonds is 5. The molecule has 1 fully saturated rings. The van der Waals surface area contributed by atoms with Crippen molar-refractivity contribution in [1.82, 2.24) is 30.7 Å². The van der Waals surface area contributed by atoms with Gasteiger partial charge in [0.05, 0.1) is 48.7 Å². The lowest BCUT2D eigenvalue weighted by molar-refractivity contribution is 0.00578. The first-order valence-electron chi connectivity index (χ1n) is 37.8. The Labute approximate surface area is 717 Å². The van der Waals surface area contributed by atoms with Crippen LogP contribution in [0.15, 0.2) is 346 Å². The number of nitrogens with one attached hydrogen (secondary N) is 4. The zero-order chi connectivity index (χ0) is 77.9. The van der Waals surface area contributed by atoms with Gasteiger partial charge in [-0.05, 0) is 182 Å². The molecule has 590 valence electrons. The molecule has 0 aliphatic carbocycles. The van der Waals surface area contributed by atoms with Gasteiger partial charge in [0.15, 0.2) is 0 Å². The second-order valence-electron chi connectivity index (χ2n) is 29.3. The van der Waals surface area contributed by atoms with E-state index >= 15 is 0 Å². The summed E-state index contributed by atoms with van der Waals surface area (Å²) in [6.07, 6.45) is 3.40. The fourth-order valence-corrected chi connectivity index (χ4v) is 21.1. The summed E-state index contributed by atoms with van der Waals surface area (Å²) in [5.41, 5.74) is 15.6. The first-order chi connectivity index (χ1) is 55.6. The lowest BCUT2D eigenvalue weighted by Crippen LogP contribution is -2.41. The molecule has 9 N–H and O–H groups in total. The van der Waals surface area contributed by atoms with Gasteiger partial charge in [-0.1, -0.05) is 230 Å². The smallest absolute Gasteiger partial charge is 0.412 e. The second kappa shape index (κ2) is 35.1. The Bertz CT molecular complexity index is 7390. The van der Waals surface area contributed by atoms with Crippen LogP contribution in [0.5, 0.6) is 0 Å².